The van der Waals surface area contributed by atoms with Gasteiger partial charge in [0.15, 0.2) is 0 Å². The Morgan fingerprint density at radius 1 is 1.43 bits per heavy atom. The van der Waals surface area contributed by atoms with Crippen LogP contribution in [0.1, 0.15) is 6.42 Å². The number of anilines is 1. The first kappa shape index (κ1) is 15.2. The summed E-state index contributed by atoms with van der Waals surface area (Å²) in [5.74, 6) is -0.443. The monoisotopic (exact) mass is 295 g/mol. The fraction of sp³-hybridized carbons (Fsp3) is 0.429. The first-order chi connectivity index (χ1) is 10.1. The van der Waals surface area contributed by atoms with Crippen LogP contribution in [0.25, 0.3) is 0 Å². The Labute approximate surface area is 122 Å². The third-order valence-corrected chi connectivity index (χ3v) is 3.19. The largest absolute Gasteiger partial charge is 0.383 e. The van der Waals surface area contributed by atoms with E-state index < -0.39 is 0 Å². The molecule has 21 heavy (non-hydrogen) atoms. The van der Waals surface area contributed by atoms with Gasteiger partial charge in [-0.15, -0.1) is 0 Å². The number of methoxy groups -OCH3 is 1. The van der Waals surface area contributed by atoms with E-state index in [-0.39, 0.29) is 30.2 Å². The van der Waals surface area contributed by atoms with Crippen LogP contribution >= 0.6 is 0 Å². The van der Waals surface area contributed by atoms with Gasteiger partial charge < -0.3 is 20.3 Å². The molecule has 0 spiro atoms. The number of urea groups is 1. The van der Waals surface area contributed by atoms with E-state index in [9.17, 15) is 14.0 Å². The van der Waals surface area contributed by atoms with E-state index in [1.807, 2.05) is 0 Å². The number of ether oxygens (including phenoxy) is 1. The molecule has 0 aliphatic carbocycles. The number of carbonyl (C=O) groups excluding carboxylic acids is 2. The van der Waals surface area contributed by atoms with Crippen LogP contribution in [-0.4, -0.2) is 44.8 Å². The van der Waals surface area contributed by atoms with Crippen molar-refractivity contribution in [3.05, 3.63) is 30.1 Å². The topological polar surface area (TPSA) is 70.7 Å². The van der Waals surface area contributed by atoms with Gasteiger partial charge >= 0.3 is 6.03 Å². The molecule has 0 bridgehead atoms. The number of nitrogens with zero attached hydrogens (tertiary/aromatic N) is 1. The minimum atomic E-state index is -0.349. The van der Waals surface area contributed by atoms with Gasteiger partial charge in [-0.05, 0) is 24.3 Å². The van der Waals surface area contributed by atoms with Crippen LogP contribution in [0, 0.1) is 5.82 Å². The van der Waals surface area contributed by atoms with Crippen LogP contribution in [0.3, 0.4) is 0 Å². The Morgan fingerprint density at radius 3 is 2.81 bits per heavy atom. The molecule has 1 fully saturated rings. The lowest BCUT2D eigenvalue weighted by Crippen LogP contribution is -2.44. The predicted molar refractivity (Wildman–Crippen MR) is 75.6 cm³/mol. The molecule has 1 aliphatic rings. The summed E-state index contributed by atoms with van der Waals surface area (Å²) in [6.07, 6.45) is 0.231. The van der Waals surface area contributed by atoms with Crippen molar-refractivity contribution >= 4 is 17.6 Å². The first-order valence-electron chi connectivity index (χ1n) is 6.69. The molecule has 7 heteroatoms. The molecule has 0 saturated carbocycles. The summed E-state index contributed by atoms with van der Waals surface area (Å²) in [7, 11) is 1.55. The van der Waals surface area contributed by atoms with Gasteiger partial charge in [0.25, 0.3) is 0 Å². The van der Waals surface area contributed by atoms with Crippen molar-refractivity contribution in [3.63, 3.8) is 0 Å². The van der Waals surface area contributed by atoms with Crippen LogP contribution in [0.5, 0.6) is 0 Å². The maximum absolute atomic E-state index is 12.9. The zero-order chi connectivity index (χ0) is 15.2. The molecule has 3 amide bonds. The molecule has 114 valence electrons. The number of rotatable bonds is 5. The molecule has 6 nitrogen and oxygen atoms in total. The number of benzene rings is 1. The molecule has 1 aromatic carbocycles. The van der Waals surface area contributed by atoms with Gasteiger partial charge in [-0.1, -0.05) is 0 Å². The summed E-state index contributed by atoms with van der Waals surface area (Å²) in [6, 6.07) is 5.13. The van der Waals surface area contributed by atoms with Gasteiger partial charge in [0.1, 0.15) is 5.82 Å². The Kier molecular flexibility index (Phi) is 5.10. The lowest BCUT2D eigenvalue weighted by Gasteiger charge is -2.17. The second-order valence-corrected chi connectivity index (χ2v) is 4.77. The minimum Gasteiger partial charge on any atom is -0.383 e. The Balaban J connectivity index is 1.87. The fourth-order valence-corrected chi connectivity index (χ4v) is 2.18. The highest BCUT2D eigenvalue weighted by Gasteiger charge is 2.31. The number of hydrogen-bond acceptors (Lipinski definition) is 3. The van der Waals surface area contributed by atoms with E-state index in [0.29, 0.717) is 25.4 Å². The van der Waals surface area contributed by atoms with Crippen LogP contribution in [-0.2, 0) is 9.53 Å². The van der Waals surface area contributed by atoms with Gasteiger partial charge in [-0.25, -0.2) is 9.18 Å². The smallest absolute Gasteiger partial charge is 0.315 e. The third kappa shape index (κ3) is 4.16. The van der Waals surface area contributed by atoms with E-state index in [4.69, 9.17) is 4.74 Å². The van der Waals surface area contributed by atoms with Crippen LogP contribution < -0.4 is 15.5 Å². The van der Waals surface area contributed by atoms with Crippen LogP contribution in [0.2, 0.25) is 0 Å². The Bertz CT molecular complexity index is 507. The molecule has 1 atom stereocenters. The molecule has 1 unspecified atom stereocenters. The lowest BCUT2D eigenvalue weighted by atomic mass is 10.2. The second-order valence-electron chi connectivity index (χ2n) is 4.77. The second kappa shape index (κ2) is 7.03. The molecule has 1 aliphatic heterocycles. The maximum atomic E-state index is 12.9. The average molecular weight is 295 g/mol. The van der Waals surface area contributed by atoms with E-state index in [1.54, 1.807) is 24.1 Å². The summed E-state index contributed by atoms with van der Waals surface area (Å²) in [5.41, 5.74) is 0.630. The van der Waals surface area contributed by atoms with Gasteiger partial charge in [0, 0.05) is 32.3 Å². The molecule has 2 rings (SSSR count). The van der Waals surface area contributed by atoms with E-state index in [0.717, 1.165) is 0 Å². The number of amides is 3. The SMILES string of the molecule is COCCNC(=O)NC1CC(=O)N(c2ccc(F)cc2)C1. The van der Waals surface area contributed by atoms with Gasteiger partial charge in [-0.2, -0.15) is 0 Å². The van der Waals surface area contributed by atoms with Crippen molar-refractivity contribution in [3.8, 4) is 0 Å². The summed E-state index contributed by atoms with van der Waals surface area (Å²) in [5, 5.41) is 5.37. The van der Waals surface area contributed by atoms with Gasteiger partial charge in [0.2, 0.25) is 5.91 Å². The minimum absolute atomic E-state index is 0.0937. The van der Waals surface area contributed by atoms with Crippen molar-refractivity contribution in [1.29, 1.82) is 0 Å². The number of nitrogens with one attached hydrogen (secondary N) is 2. The summed E-state index contributed by atoms with van der Waals surface area (Å²) >= 11 is 0. The quantitative estimate of drug-likeness (QED) is 0.792. The van der Waals surface area contributed by atoms with E-state index in [1.165, 1.54) is 12.1 Å². The fourth-order valence-electron chi connectivity index (χ4n) is 2.18. The van der Waals surface area contributed by atoms with Crippen molar-refractivity contribution in [2.24, 2.45) is 0 Å². The molecule has 1 heterocycles. The third-order valence-electron chi connectivity index (χ3n) is 3.19. The van der Waals surface area contributed by atoms with Gasteiger partial charge in [-0.3, -0.25) is 4.79 Å². The van der Waals surface area contributed by atoms with E-state index >= 15 is 0 Å². The predicted octanol–water partition coefficient (Wildman–Crippen LogP) is 0.877. The maximum Gasteiger partial charge on any atom is 0.315 e. The zero-order valence-electron chi connectivity index (χ0n) is 11.8. The van der Waals surface area contributed by atoms with Crippen molar-refractivity contribution in [2.45, 2.75) is 12.5 Å². The summed E-state index contributed by atoms with van der Waals surface area (Å²) < 4.78 is 17.7. The normalized spacial score (nSPS) is 17.9. The molecule has 1 saturated heterocycles. The summed E-state index contributed by atoms with van der Waals surface area (Å²) in [4.78, 5) is 25.1. The molecule has 1 aromatic rings. The molecular weight excluding hydrogens is 277 g/mol. The van der Waals surface area contributed by atoms with Crippen molar-refractivity contribution < 1.29 is 18.7 Å². The highest BCUT2D eigenvalue weighted by atomic mass is 19.1. The molecular formula is C14H18FN3O3. The zero-order valence-corrected chi connectivity index (χ0v) is 11.8. The van der Waals surface area contributed by atoms with E-state index in [2.05, 4.69) is 10.6 Å². The first-order valence-corrected chi connectivity index (χ1v) is 6.69. The lowest BCUT2D eigenvalue weighted by molar-refractivity contribution is -0.117. The number of hydrogen-bond donors (Lipinski definition) is 2. The van der Waals surface area contributed by atoms with Crippen molar-refractivity contribution in [1.82, 2.24) is 10.6 Å². The highest BCUT2D eigenvalue weighted by Crippen LogP contribution is 2.21. The number of halogens is 1. The standard InChI is InChI=1S/C14H18FN3O3/c1-21-7-6-16-14(20)17-11-8-13(19)18(9-11)12-4-2-10(15)3-5-12/h2-5,11H,6-9H2,1H3,(H2,16,17,20). The average Bonchev–Trinajstić information content (AvgIpc) is 2.80. The molecule has 0 aromatic heterocycles. The van der Waals surface area contributed by atoms with Crippen molar-refractivity contribution in [2.75, 3.05) is 31.7 Å². The summed E-state index contributed by atoms with van der Waals surface area (Å²) in [6.45, 7) is 1.21. The van der Waals surface area contributed by atoms with Crippen LogP contribution in [0.4, 0.5) is 14.9 Å². The number of carbonyl (C=O) groups is 2. The highest BCUT2D eigenvalue weighted by molar-refractivity contribution is 5.96. The molecule has 0 radical (unpaired) electrons. The Morgan fingerprint density at radius 2 is 2.14 bits per heavy atom. The van der Waals surface area contributed by atoms with Gasteiger partial charge in [0.05, 0.1) is 12.6 Å². The molecule has 2 N–H and O–H groups in total. The van der Waals surface area contributed by atoms with Crippen LogP contribution in [0.15, 0.2) is 24.3 Å². The Hall–Kier alpha value is -2.15.